The normalized spacial score (nSPS) is 14.3. The van der Waals surface area contributed by atoms with E-state index in [2.05, 4.69) is 26.0 Å². The summed E-state index contributed by atoms with van der Waals surface area (Å²) < 4.78 is 0. The molecule has 2 aromatic rings. The summed E-state index contributed by atoms with van der Waals surface area (Å²) in [6.07, 6.45) is 0.846. The molecule has 0 aliphatic carbocycles. The average Bonchev–Trinajstić information content (AvgIpc) is 2.42. The van der Waals surface area contributed by atoms with E-state index in [-0.39, 0.29) is 5.91 Å². The molecular weight excluding hydrogens is 248 g/mol. The van der Waals surface area contributed by atoms with Gasteiger partial charge in [-0.05, 0) is 55.2 Å². The second-order valence-corrected chi connectivity index (χ2v) is 5.36. The number of aryl methyl sites for hydroxylation is 2. The first-order chi connectivity index (χ1) is 9.58. The summed E-state index contributed by atoms with van der Waals surface area (Å²) in [5.41, 5.74) is 11.6. The van der Waals surface area contributed by atoms with E-state index < -0.39 is 0 Å². The van der Waals surface area contributed by atoms with Gasteiger partial charge in [-0.25, -0.2) is 0 Å². The second-order valence-electron chi connectivity index (χ2n) is 5.36. The van der Waals surface area contributed by atoms with Crippen molar-refractivity contribution in [1.29, 1.82) is 0 Å². The summed E-state index contributed by atoms with van der Waals surface area (Å²) in [6, 6.07) is 11.8. The molecule has 3 heteroatoms. The molecule has 2 aromatic carbocycles. The maximum absolute atomic E-state index is 12.7. The molecule has 0 aromatic heterocycles. The van der Waals surface area contributed by atoms with Gasteiger partial charge in [0.25, 0.3) is 5.91 Å². The molecule has 1 amide bonds. The number of rotatable bonds is 1. The zero-order chi connectivity index (χ0) is 14.3. The van der Waals surface area contributed by atoms with Gasteiger partial charge in [0, 0.05) is 17.9 Å². The third-order valence-electron chi connectivity index (χ3n) is 4.05. The molecular formula is C17H18N2O. The zero-order valence-electron chi connectivity index (χ0n) is 11.8. The van der Waals surface area contributed by atoms with Gasteiger partial charge in [0.1, 0.15) is 0 Å². The highest BCUT2D eigenvalue weighted by Gasteiger charge is 2.27. The van der Waals surface area contributed by atoms with Gasteiger partial charge in [-0.2, -0.15) is 0 Å². The van der Waals surface area contributed by atoms with Crippen molar-refractivity contribution in [2.45, 2.75) is 20.3 Å². The molecule has 0 spiro atoms. The monoisotopic (exact) mass is 266 g/mol. The fraction of sp³-hybridized carbons (Fsp3) is 0.235. The van der Waals surface area contributed by atoms with Crippen molar-refractivity contribution < 1.29 is 4.79 Å². The summed E-state index contributed by atoms with van der Waals surface area (Å²) in [7, 11) is 0. The van der Waals surface area contributed by atoms with Gasteiger partial charge in [-0.1, -0.05) is 18.2 Å². The molecule has 2 N–H and O–H groups in total. The Labute approximate surface area is 119 Å². The van der Waals surface area contributed by atoms with Crippen LogP contribution in [-0.2, 0) is 6.42 Å². The van der Waals surface area contributed by atoms with Crippen molar-refractivity contribution in [1.82, 2.24) is 0 Å². The van der Waals surface area contributed by atoms with E-state index in [1.54, 1.807) is 6.07 Å². The highest BCUT2D eigenvalue weighted by Crippen LogP contribution is 2.28. The summed E-state index contributed by atoms with van der Waals surface area (Å²) in [5, 5.41) is 0. The quantitative estimate of drug-likeness (QED) is 0.806. The minimum atomic E-state index is 0.00704. The number of amides is 1. The summed E-state index contributed by atoms with van der Waals surface area (Å²) in [6.45, 7) is 4.85. The Morgan fingerprint density at radius 2 is 1.90 bits per heavy atom. The Morgan fingerprint density at radius 1 is 1.10 bits per heavy atom. The molecule has 102 valence electrons. The molecule has 1 aliphatic heterocycles. The number of anilines is 2. The largest absolute Gasteiger partial charge is 0.398 e. The molecule has 20 heavy (non-hydrogen) atoms. The number of carbonyl (C=O) groups is 1. The van der Waals surface area contributed by atoms with E-state index >= 15 is 0 Å². The lowest BCUT2D eigenvalue weighted by Gasteiger charge is -2.29. The Balaban J connectivity index is 2.04. The topological polar surface area (TPSA) is 46.3 Å². The molecule has 3 rings (SSSR count). The van der Waals surface area contributed by atoms with E-state index in [1.807, 2.05) is 23.1 Å². The zero-order valence-corrected chi connectivity index (χ0v) is 11.8. The van der Waals surface area contributed by atoms with Crippen LogP contribution in [0.15, 0.2) is 36.4 Å². The van der Waals surface area contributed by atoms with E-state index in [0.717, 1.165) is 17.7 Å². The molecule has 0 saturated carbocycles. The number of benzene rings is 2. The van der Waals surface area contributed by atoms with E-state index in [1.165, 1.54) is 11.1 Å². The summed E-state index contributed by atoms with van der Waals surface area (Å²) in [4.78, 5) is 14.5. The SMILES string of the molecule is Cc1ccc(N2CCc3cccc(N)c3C2=O)cc1C. The Morgan fingerprint density at radius 3 is 2.65 bits per heavy atom. The van der Waals surface area contributed by atoms with Crippen LogP contribution in [0.25, 0.3) is 0 Å². The number of nitrogen functional groups attached to an aromatic ring is 1. The first kappa shape index (κ1) is 12.7. The first-order valence-electron chi connectivity index (χ1n) is 6.84. The highest BCUT2D eigenvalue weighted by atomic mass is 16.2. The first-order valence-corrected chi connectivity index (χ1v) is 6.84. The van der Waals surface area contributed by atoms with E-state index in [4.69, 9.17) is 5.73 Å². The number of hydrogen-bond donors (Lipinski definition) is 1. The van der Waals surface area contributed by atoms with Gasteiger partial charge in [-0.15, -0.1) is 0 Å². The lowest BCUT2D eigenvalue weighted by atomic mass is 9.96. The van der Waals surface area contributed by atoms with Crippen LogP contribution in [0.1, 0.15) is 27.0 Å². The van der Waals surface area contributed by atoms with Gasteiger partial charge >= 0.3 is 0 Å². The third kappa shape index (κ3) is 1.95. The minimum Gasteiger partial charge on any atom is -0.398 e. The maximum atomic E-state index is 12.7. The summed E-state index contributed by atoms with van der Waals surface area (Å²) in [5.74, 6) is 0.00704. The van der Waals surface area contributed by atoms with Gasteiger partial charge in [-0.3, -0.25) is 4.79 Å². The number of nitrogens with two attached hydrogens (primary N) is 1. The van der Waals surface area contributed by atoms with Gasteiger partial charge in [0.2, 0.25) is 0 Å². The molecule has 0 atom stereocenters. The van der Waals surface area contributed by atoms with Crippen LogP contribution in [0.2, 0.25) is 0 Å². The number of carbonyl (C=O) groups excluding carboxylic acids is 1. The molecule has 1 aliphatic rings. The average molecular weight is 266 g/mol. The van der Waals surface area contributed by atoms with Crippen molar-refractivity contribution in [3.8, 4) is 0 Å². The smallest absolute Gasteiger partial charge is 0.260 e. The lowest BCUT2D eigenvalue weighted by Crippen LogP contribution is -2.38. The third-order valence-corrected chi connectivity index (χ3v) is 4.05. The maximum Gasteiger partial charge on any atom is 0.260 e. The highest BCUT2D eigenvalue weighted by molar-refractivity contribution is 6.11. The van der Waals surface area contributed by atoms with Crippen LogP contribution in [-0.4, -0.2) is 12.5 Å². The fourth-order valence-electron chi connectivity index (χ4n) is 2.70. The minimum absolute atomic E-state index is 0.00704. The van der Waals surface area contributed by atoms with Crippen LogP contribution >= 0.6 is 0 Å². The van der Waals surface area contributed by atoms with Gasteiger partial charge in [0.05, 0.1) is 5.56 Å². The Hall–Kier alpha value is -2.29. The number of hydrogen-bond acceptors (Lipinski definition) is 2. The number of fused-ring (bicyclic) bond motifs is 1. The Kier molecular flexibility index (Phi) is 2.97. The molecule has 0 bridgehead atoms. The summed E-state index contributed by atoms with van der Waals surface area (Å²) >= 11 is 0. The number of nitrogens with zero attached hydrogens (tertiary/aromatic N) is 1. The van der Waals surface area contributed by atoms with Crippen molar-refractivity contribution in [2.75, 3.05) is 17.2 Å². The van der Waals surface area contributed by atoms with Crippen LogP contribution < -0.4 is 10.6 Å². The van der Waals surface area contributed by atoms with Gasteiger partial charge < -0.3 is 10.6 Å². The van der Waals surface area contributed by atoms with Crippen molar-refractivity contribution in [2.24, 2.45) is 0 Å². The molecule has 0 unspecified atom stereocenters. The van der Waals surface area contributed by atoms with E-state index in [9.17, 15) is 4.79 Å². The molecule has 3 nitrogen and oxygen atoms in total. The Bertz CT molecular complexity index is 691. The van der Waals surface area contributed by atoms with Crippen molar-refractivity contribution >= 4 is 17.3 Å². The standard InChI is InChI=1S/C17H18N2O/c1-11-6-7-14(10-12(11)2)19-9-8-13-4-3-5-15(18)16(13)17(19)20/h3-7,10H,8-9,18H2,1-2H3. The fourth-order valence-corrected chi connectivity index (χ4v) is 2.70. The molecule has 1 heterocycles. The molecule has 0 radical (unpaired) electrons. The van der Waals surface area contributed by atoms with Crippen molar-refractivity contribution in [3.05, 3.63) is 58.7 Å². The van der Waals surface area contributed by atoms with E-state index in [0.29, 0.717) is 17.8 Å². The molecule has 0 fully saturated rings. The van der Waals surface area contributed by atoms with Crippen LogP contribution in [0.3, 0.4) is 0 Å². The predicted octanol–water partition coefficient (Wildman–Crippen LogP) is 3.09. The van der Waals surface area contributed by atoms with Gasteiger partial charge in [0.15, 0.2) is 0 Å². The second kappa shape index (κ2) is 4.67. The van der Waals surface area contributed by atoms with Crippen molar-refractivity contribution in [3.63, 3.8) is 0 Å². The lowest BCUT2D eigenvalue weighted by molar-refractivity contribution is 0.0981. The predicted molar refractivity (Wildman–Crippen MR) is 82.2 cm³/mol. The van der Waals surface area contributed by atoms with Crippen LogP contribution in [0.4, 0.5) is 11.4 Å². The molecule has 0 saturated heterocycles. The van der Waals surface area contributed by atoms with Crippen LogP contribution in [0.5, 0.6) is 0 Å². The van der Waals surface area contributed by atoms with Crippen LogP contribution in [0, 0.1) is 13.8 Å².